The molecule has 1 aromatic carbocycles. The maximum Gasteiger partial charge on any atom is 0.272 e. The van der Waals surface area contributed by atoms with E-state index in [2.05, 4.69) is 17.1 Å². The number of H-pyrrole nitrogens is 1. The second-order valence-electron chi connectivity index (χ2n) is 4.33. The lowest BCUT2D eigenvalue weighted by Gasteiger charge is -2.07. The molecule has 20 heavy (non-hydrogen) atoms. The number of nitrogens with one attached hydrogen (secondary N) is 1. The Morgan fingerprint density at radius 2 is 2.05 bits per heavy atom. The molecule has 0 atom stereocenters. The zero-order chi connectivity index (χ0) is 14.1. The molecule has 0 unspecified atom stereocenters. The number of thiophene rings is 1. The van der Waals surface area contributed by atoms with Crippen LogP contribution >= 0.6 is 35.3 Å². The Kier molecular flexibility index (Phi) is 3.78. The summed E-state index contributed by atoms with van der Waals surface area (Å²) < 4.78 is 2.80. The monoisotopic (exact) mass is 320 g/mol. The number of nitrogens with zero attached hydrogens (tertiary/aromatic N) is 1. The second kappa shape index (κ2) is 5.55. The number of fused-ring (bicyclic) bond motifs is 1. The first kappa shape index (κ1) is 13.6. The second-order valence-corrected chi connectivity index (χ2v) is 6.52. The van der Waals surface area contributed by atoms with Crippen molar-refractivity contribution in [1.82, 2.24) is 9.55 Å². The van der Waals surface area contributed by atoms with Crippen LogP contribution in [0.4, 0.5) is 0 Å². The fraction of sp³-hybridized carbons (Fsp3) is 0.143. The molecule has 3 nitrogen and oxygen atoms in total. The van der Waals surface area contributed by atoms with Gasteiger partial charge in [-0.05, 0) is 47.6 Å². The van der Waals surface area contributed by atoms with Crippen molar-refractivity contribution < 1.29 is 0 Å². The van der Waals surface area contributed by atoms with Gasteiger partial charge in [-0.2, -0.15) is 0 Å². The van der Waals surface area contributed by atoms with Crippen molar-refractivity contribution in [2.24, 2.45) is 0 Å². The largest absolute Gasteiger partial charge is 0.331 e. The summed E-state index contributed by atoms with van der Waals surface area (Å²) in [5.74, 6) is 0. The predicted octanol–water partition coefficient (Wildman–Crippen LogP) is 3.89. The van der Waals surface area contributed by atoms with E-state index in [-0.39, 0.29) is 5.56 Å². The normalized spacial score (nSPS) is 11.1. The van der Waals surface area contributed by atoms with E-state index in [1.807, 2.05) is 29.8 Å². The van der Waals surface area contributed by atoms with Gasteiger partial charge in [0.25, 0.3) is 5.56 Å². The van der Waals surface area contributed by atoms with E-state index >= 15 is 0 Å². The van der Waals surface area contributed by atoms with E-state index in [9.17, 15) is 4.79 Å². The molecule has 3 aromatic rings. The van der Waals surface area contributed by atoms with E-state index in [0.29, 0.717) is 11.3 Å². The van der Waals surface area contributed by atoms with Gasteiger partial charge in [0, 0.05) is 4.90 Å². The fourth-order valence-electron chi connectivity index (χ4n) is 2.03. The Morgan fingerprint density at radius 3 is 2.75 bits per heavy atom. The Labute approximate surface area is 129 Å². The van der Waals surface area contributed by atoms with Crippen molar-refractivity contribution in [2.45, 2.75) is 11.4 Å². The van der Waals surface area contributed by atoms with Crippen molar-refractivity contribution in [3.05, 3.63) is 56.4 Å². The summed E-state index contributed by atoms with van der Waals surface area (Å²) in [6.45, 7) is 0.497. The van der Waals surface area contributed by atoms with Gasteiger partial charge < -0.3 is 4.98 Å². The minimum atomic E-state index is -0.0207. The molecule has 0 saturated carbocycles. The van der Waals surface area contributed by atoms with Crippen LogP contribution in [0.5, 0.6) is 0 Å². The van der Waals surface area contributed by atoms with Gasteiger partial charge >= 0.3 is 0 Å². The number of aromatic amines is 1. The topological polar surface area (TPSA) is 37.8 Å². The van der Waals surface area contributed by atoms with Crippen LogP contribution in [0.15, 0.2) is 45.4 Å². The molecule has 1 N–H and O–H groups in total. The number of thioether (sulfide) groups is 1. The summed E-state index contributed by atoms with van der Waals surface area (Å²) in [4.78, 5) is 16.7. The molecular formula is C14H12N2OS3. The summed E-state index contributed by atoms with van der Waals surface area (Å²) in [5, 5.41) is 1.90. The van der Waals surface area contributed by atoms with Gasteiger partial charge in [0.05, 0.1) is 12.1 Å². The first-order chi connectivity index (χ1) is 9.69. The maximum absolute atomic E-state index is 12.4. The number of aromatic nitrogens is 2. The van der Waals surface area contributed by atoms with Crippen molar-refractivity contribution >= 4 is 45.5 Å². The van der Waals surface area contributed by atoms with Crippen LogP contribution in [0.3, 0.4) is 0 Å². The highest BCUT2D eigenvalue weighted by Gasteiger charge is 2.07. The summed E-state index contributed by atoms with van der Waals surface area (Å²) in [6.07, 6.45) is 2.04. The number of benzene rings is 1. The van der Waals surface area contributed by atoms with E-state index in [4.69, 9.17) is 12.2 Å². The van der Waals surface area contributed by atoms with Crippen LogP contribution in [0.1, 0.15) is 5.56 Å². The van der Waals surface area contributed by atoms with Crippen molar-refractivity contribution in [1.29, 1.82) is 0 Å². The molecular weight excluding hydrogens is 308 g/mol. The van der Waals surface area contributed by atoms with Crippen LogP contribution in [0.25, 0.3) is 10.2 Å². The van der Waals surface area contributed by atoms with Gasteiger partial charge in [-0.25, -0.2) is 0 Å². The molecule has 0 saturated heterocycles. The van der Waals surface area contributed by atoms with Crippen molar-refractivity contribution in [3.63, 3.8) is 0 Å². The smallest absolute Gasteiger partial charge is 0.272 e. The Hall–Kier alpha value is -1.37. The standard InChI is InChI=1S/C14H12N2OS3/c1-19-10-4-2-9(3-5-10)8-16-13(17)12-11(6-7-20-12)15-14(16)18/h2-7H,8H2,1H3,(H,15,18). The average Bonchev–Trinajstić information content (AvgIpc) is 2.92. The molecule has 0 bridgehead atoms. The highest BCUT2D eigenvalue weighted by molar-refractivity contribution is 7.98. The van der Waals surface area contributed by atoms with Gasteiger partial charge in [-0.15, -0.1) is 23.1 Å². The fourth-order valence-corrected chi connectivity index (χ4v) is 3.49. The minimum Gasteiger partial charge on any atom is -0.331 e. The van der Waals surface area contributed by atoms with E-state index in [1.54, 1.807) is 16.3 Å². The van der Waals surface area contributed by atoms with Gasteiger partial charge in [0.1, 0.15) is 4.70 Å². The first-order valence-corrected chi connectivity index (χ1v) is 8.53. The third-order valence-electron chi connectivity index (χ3n) is 3.09. The molecule has 0 aliphatic carbocycles. The van der Waals surface area contributed by atoms with Crippen LogP contribution in [-0.2, 0) is 6.54 Å². The molecule has 2 aromatic heterocycles. The Morgan fingerprint density at radius 1 is 1.30 bits per heavy atom. The molecule has 3 rings (SSSR count). The quantitative estimate of drug-likeness (QED) is 0.588. The lowest BCUT2D eigenvalue weighted by atomic mass is 10.2. The Balaban J connectivity index is 2.05. The SMILES string of the molecule is CSc1ccc(Cn2c(=S)[nH]c3ccsc3c2=O)cc1. The highest BCUT2D eigenvalue weighted by atomic mass is 32.2. The molecule has 0 spiro atoms. The zero-order valence-corrected chi connectivity index (χ0v) is 13.2. The van der Waals surface area contributed by atoms with Gasteiger partial charge in [0.2, 0.25) is 0 Å². The molecule has 2 heterocycles. The average molecular weight is 320 g/mol. The van der Waals surface area contributed by atoms with E-state index < -0.39 is 0 Å². The lowest BCUT2D eigenvalue weighted by molar-refractivity contribution is 0.735. The molecule has 0 aliphatic heterocycles. The zero-order valence-electron chi connectivity index (χ0n) is 10.8. The molecule has 6 heteroatoms. The molecule has 0 aliphatic rings. The minimum absolute atomic E-state index is 0.0207. The third-order valence-corrected chi connectivity index (χ3v) is 5.06. The number of rotatable bonds is 3. The van der Waals surface area contributed by atoms with Crippen LogP contribution < -0.4 is 5.56 Å². The van der Waals surface area contributed by atoms with Gasteiger partial charge in [0.15, 0.2) is 4.77 Å². The van der Waals surface area contributed by atoms with Gasteiger partial charge in [-0.1, -0.05) is 12.1 Å². The van der Waals surface area contributed by atoms with Crippen LogP contribution in [0, 0.1) is 4.77 Å². The van der Waals surface area contributed by atoms with E-state index in [1.165, 1.54) is 16.2 Å². The van der Waals surface area contributed by atoms with Crippen molar-refractivity contribution in [2.75, 3.05) is 6.26 Å². The highest BCUT2D eigenvalue weighted by Crippen LogP contribution is 2.17. The first-order valence-electron chi connectivity index (χ1n) is 6.02. The third kappa shape index (κ3) is 2.46. The summed E-state index contributed by atoms with van der Waals surface area (Å²) >= 11 is 8.43. The molecule has 102 valence electrons. The summed E-state index contributed by atoms with van der Waals surface area (Å²) in [7, 11) is 0. The van der Waals surface area contributed by atoms with E-state index in [0.717, 1.165) is 15.8 Å². The van der Waals surface area contributed by atoms with Crippen LogP contribution in [0.2, 0.25) is 0 Å². The Bertz CT molecular complexity index is 858. The van der Waals surface area contributed by atoms with Crippen LogP contribution in [-0.4, -0.2) is 15.8 Å². The molecule has 0 radical (unpaired) electrons. The molecule has 0 fully saturated rings. The van der Waals surface area contributed by atoms with Crippen molar-refractivity contribution in [3.8, 4) is 0 Å². The summed E-state index contributed by atoms with van der Waals surface area (Å²) in [6, 6.07) is 10.1. The summed E-state index contributed by atoms with van der Waals surface area (Å²) in [5.41, 5.74) is 1.87. The predicted molar refractivity (Wildman–Crippen MR) is 88.6 cm³/mol. The van der Waals surface area contributed by atoms with Gasteiger partial charge in [-0.3, -0.25) is 9.36 Å². The number of hydrogen-bond donors (Lipinski definition) is 1. The maximum atomic E-state index is 12.4. The molecule has 0 amide bonds. The number of hydrogen-bond acceptors (Lipinski definition) is 4. The lowest BCUT2D eigenvalue weighted by Crippen LogP contribution is -2.21.